The molecule has 0 fully saturated rings. The molecule has 0 saturated carbocycles. The van der Waals surface area contributed by atoms with Gasteiger partial charge in [-0.1, -0.05) is 6.07 Å². The molecule has 0 aliphatic carbocycles. The van der Waals surface area contributed by atoms with Gasteiger partial charge in [-0.25, -0.2) is 9.37 Å². The first-order valence-corrected chi connectivity index (χ1v) is 4.36. The minimum atomic E-state index is -0.215. The molecule has 1 heterocycles. The topological polar surface area (TPSA) is 28.7 Å². The van der Waals surface area contributed by atoms with Crippen molar-refractivity contribution in [3.05, 3.63) is 42.5 Å². The minimum absolute atomic E-state index is 0.215. The molecule has 0 saturated heterocycles. The number of halogens is 1. The molecule has 2 aromatic carbocycles. The van der Waals surface area contributed by atoms with Crippen LogP contribution in [-0.2, 0) is 0 Å². The maximum atomic E-state index is 12.9. The van der Waals surface area contributed by atoms with Crippen molar-refractivity contribution in [3.8, 4) is 0 Å². The third kappa shape index (κ3) is 0.923. The zero-order valence-electron chi connectivity index (χ0n) is 7.29. The van der Waals surface area contributed by atoms with Crippen LogP contribution in [0.5, 0.6) is 0 Å². The van der Waals surface area contributed by atoms with Gasteiger partial charge in [0.05, 0.1) is 17.4 Å². The third-order valence-corrected chi connectivity index (χ3v) is 2.37. The van der Waals surface area contributed by atoms with Crippen molar-refractivity contribution in [2.24, 2.45) is 0 Å². The summed E-state index contributed by atoms with van der Waals surface area (Å²) < 4.78 is 12.9. The predicted molar refractivity (Wildman–Crippen MR) is 53.6 cm³/mol. The fraction of sp³-hybridized carbons (Fsp3) is 0. The molecule has 0 amide bonds. The maximum absolute atomic E-state index is 12.9. The number of nitrogens with zero attached hydrogens (tertiary/aromatic N) is 1. The van der Waals surface area contributed by atoms with E-state index in [1.165, 1.54) is 12.1 Å². The molecule has 68 valence electrons. The number of aromatic amines is 1. The largest absolute Gasteiger partial charge is 0.345 e. The molecule has 0 aliphatic heterocycles. The first-order valence-electron chi connectivity index (χ1n) is 4.36. The van der Waals surface area contributed by atoms with Crippen LogP contribution in [0.2, 0.25) is 0 Å². The Labute approximate surface area is 79.4 Å². The molecule has 1 aromatic heterocycles. The number of H-pyrrole nitrogens is 1. The standard InChI is InChI=1S/C11H7FN2/c12-8-2-3-9-7(5-8)1-4-10-11(9)14-6-13-10/h1-6H,(H,13,14). The average Bonchev–Trinajstić information content (AvgIpc) is 2.65. The van der Waals surface area contributed by atoms with Gasteiger partial charge in [0.25, 0.3) is 0 Å². The van der Waals surface area contributed by atoms with Crippen LogP contribution in [-0.4, -0.2) is 9.97 Å². The number of hydrogen-bond acceptors (Lipinski definition) is 1. The Kier molecular flexibility index (Phi) is 1.36. The number of nitrogens with one attached hydrogen (secondary N) is 1. The normalized spacial score (nSPS) is 11.2. The Balaban J connectivity index is 2.57. The summed E-state index contributed by atoms with van der Waals surface area (Å²) in [4.78, 5) is 7.22. The van der Waals surface area contributed by atoms with Crippen LogP contribution in [0.25, 0.3) is 21.8 Å². The molecule has 0 radical (unpaired) electrons. The lowest BCUT2D eigenvalue weighted by molar-refractivity contribution is 0.630. The van der Waals surface area contributed by atoms with E-state index in [1.54, 1.807) is 12.4 Å². The van der Waals surface area contributed by atoms with Gasteiger partial charge >= 0.3 is 0 Å². The van der Waals surface area contributed by atoms with E-state index in [2.05, 4.69) is 9.97 Å². The molecular weight excluding hydrogens is 179 g/mol. The fourth-order valence-corrected chi connectivity index (χ4v) is 1.71. The van der Waals surface area contributed by atoms with E-state index in [-0.39, 0.29) is 5.82 Å². The van der Waals surface area contributed by atoms with Crippen LogP contribution in [0.3, 0.4) is 0 Å². The van der Waals surface area contributed by atoms with Gasteiger partial charge in [0.2, 0.25) is 0 Å². The molecule has 0 unspecified atom stereocenters. The second-order valence-corrected chi connectivity index (χ2v) is 3.23. The molecule has 0 atom stereocenters. The minimum Gasteiger partial charge on any atom is -0.345 e. The first kappa shape index (κ1) is 7.50. The van der Waals surface area contributed by atoms with Gasteiger partial charge in [-0.15, -0.1) is 0 Å². The Bertz CT molecular complexity index is 613. The van der Waals surface area contributed by atoms with Crippen molar-refractivity contribution in [3.63, 3.8) is 0 Å². The monoisotopic (exact) mass is 186 g/mol. The zero-order valence-corrected chi connectivity index (χ0v) is 7.29. The highest BCUT2D eigenvalue weighted by Gasteiger charge is 2.02. The second-order valence-electron chi connectivity index (χ2n) is 3.23. The van der Waals surface area contributed by atoms with Gasteiger partial charge in [0.1, 0.15) is 5.82 Å². The summed E-state index contributed by atoms with van der Waals surface area (Å²) in [7, 11) is 0. The summed E-state index contributed by atoms with van der Waals surface area (Å²) in [5.41, 5.74) is 1.87. The van der Waals surface area contributed by atoms with Crippen molar-refractivity contribution < 1.29 is 4.39 Å². The van der Waals surface area contributed by atoms with E-state index in [0.29, 0.717) is 0 Å². The molecule has 0 aliphatic rings. The predicted octanol–water partition coefficient (Wildman–Crippen LogP) is 2.86. The van der Waals surface area contributed by atoms with Crippen LogP contribution in [0.1, 0.15) is 0 Å². The number of aromatic nitrogens is 2. The number of hydrogen-bond donors (Lipinski definition) is 1. The summed E-state index contributed by atoms with van der Waals surface area (Å²) in [5, 5.41) is 1.86. The van der Waals surface area contributed by atoms with Gasteiger partial charge < -0.3 is 4.98 Å². The Morgan fingerprint density at radius 1 is 1.14 bits per heavy atom. The SMILES string of the molecule is Fc1ccc2c(ccc3[nH]cnc32)c1. The number of imidazole rings is 1. The second kappa shape index (κ2) is 2.54. The highest BCUT2D eigenvalue weighted by molar-refractivity contribution is 6.03. The van der Waals surface area contributed by atoms with Gasteiger partial charge in [-0.2, -0.15) is 0 Å². The smallest absolute Gasteiger partial charge is 0.123 e. The van der Waals surface area contributed by atoms with Crippen LogP contribution in [0.15, 0.2) is 36.7 Å². The first-order chi connectivity index (χ1) is 6.84. The van der Waals surface area contributed by atoms with Crippen molar-refractivity contribution in [2.75, 3.05) is 0 Å². The van der Waals surface area contributed by atoms with Crippen LogP contribution in [0, 0.1) is 5.82 Å². The van der Waals surface area contributed by atoms with Gasteiger partial charge in [-0.3, -0.25) is 0 Å². The average molecular weight is 186 g/mol. The molecule has 0 bridgehead atoms. The van der Waals surface area contributed by atoms with E-state index in [9.17, 15) is 4.39 Å². The van der Waals surface area contributed by atoms with Crippen LogP contribution >= 0.6 is 0 Å². The van der Waals surface area contributed by atoms with E-state index in [4.69, 9.17) is 0 Å². The zero-order chi connectivity index (χ0) is 9.54. The van der Waals surface area contributed by atoms with E-state index < -0.39 is 0 Å². The Morgan fingerprint density at radius 2 is 2.07 bits per heavy atom. The molecule has 1 N–H and O–H groups in total. The van der Waals surface area contributed by atoms with Crippen molar-refractivity contribution >= 4 is 21.8 Å². The van der Waals surface area contributed by atoms with Gasteiger partial charge in [0.15, 0.2) is 0 Å². The maximum Gasteiger partial charge on any atom is 0.123 e. The molecule has 3 aromatic rings. The molecule has 2 nitrogen and oxygen atoms in total. The quantitative estimate of drug-likeness (QED) is 0.574. The van der Waals surface area contributed by atoms with E-state index >= 15 is 0 Å². The van der Waals surface area contributed by atoms with Crippen molar-refractivity contribution in [1.82, 2.24) is 9.97 Å². The summed E-state index contributed by atoms with van der Waals surface area (Å²) in [6.07, 6.45) is 1.65. The van der Waals surface area contributed by atoms with Crippen molar-refractivity contribution in [2.45, 2.75) is 0 Å². The lowest BCUT2D eigenvalue weighted by Crippen LogP contribution is -1.78. The van der Waals surface area contributed by atoms with Gasteiger partial charge in [-0.05, 0) is 29.7 Å². The number of fused-ring (bicyclic) bond motifs is 3. The Hall–Kier alpha value is -1.90. The van der Waals surface area contributed by atoms with E-state index in [1.807, 2.05) is 12.1 Å². The van der Waals surface area contributed by atoms with Crippen LogP contribution in [0.4, 0.5) is 4.39 Å². The fourth-order valence-electron chi connectivity index (χ4n) is 1.71. The summed E-state index contributed by atoms with van der Waals surface area (Å²) in [6.45, 7) is 0. The molecular formula is C11H7FN2. The molecule has 3 heteroatoms. The lowest BCUT2D eigenvalue weighted by Gasteiger charge is -1.98. The number of rotatable bonds is 0. The summed E-state index contributed by atoms with van der Waals surface area (Å²) in [6, 6.07) is 8.52. The molecule has 3 rings (SSSR count). The Morgan fingerprint density at radius 3 is 3.00 bits per heavy atom. The molecule has 14 heavy (non-hydrogen) atoms. The van der Waals surface area contributed by atoms with E-state index in [0.717, 1.165) is 21.8 Å². The third-order valence-electron chi connectivity index (χ3n) is 2.37. The highest BCUT2D eigenvalue weighted by atomic mass is 19.1. The van der Waals surface area contributed by atoms with Crippen molar-refractivity contribution in [1.29, 1.82) is 0 Å². The summed E-state index contributed by atoms with van der Waals surface area (Å²) in [5.74, 6) is -0.215. The van der Waals surface area contributed by atoms with Crippen LogP contribution < -0.4 is 0 Å². The van der Waals surface area contributed by atoms with Gasteiger partial charge in [0, 0.05) is 5.39 Å². The molecule has 0 spiro atoms. The lowest BCUT2D eigenvalue weighted by atomic mass is 10.1. The summed E-state index contributed by atoms with van der Waals surface area (Å²) >= 11 is 0. The highest BCUT2D eigenvalue weighted by Crippen LogP contribution is 2.22. The number of benzene rings is 2.